The molecule has 0 unspecified atom stereocenters. The van der Waals surface area contributed by atoms with Crippen LogP contribution in [0.4, 0.5) is 0 Å². The van der Waals surface area contributed by atoms with Gasteiger partial charge in [0.15, 0.2) is 0 Å². The Bertz CT molecular complexity index is 537. The van der Waals surface area contributed by atoms with Gasteiger partial charge in [-0.15, -0.1) is 0 Å². The van der Waals surface area contributed by atoms with Gasteiger partial charge < -0.3 is 4.74 Å². The van der Waals surface area contributed by atoms with E-state index in [4.69, 9.17) is 4.74 Å². The maximum Gasteiger partial charge on any atom is 0.338 e. The fourth-order valence-corrected chi connectivity index (χ4v) is 2.67. The number of hydrogen-bond donors (Lipinski definition) is 0. The molecule has 0 aliphatic carbocycles. The Morgan fingerprint density at radius 3 is 2.74 bits per heavy atom. The number of carbonyl (C=O) groups is 1. The lowest BCUT2D eigenvalue weighted by Crippen LogP contribution is -2.19. The van der Waals surface area contributed by atoms with E-state index in [9.17, 15) is 4.79 Å². The summed E-state index contributed by atoms with van der Waals surface area (Å²) in [6.45, 7) is 1.60. The molecule has 100 valence electrons. The lowest BCUT2D eigenvalue weighted by atomic mass is 10.1. The van der Waals surface area contributed by atoms with Crippen molar-refractivity contribution < 1.29 is 9.53 Å². The molecule has 0 aliphatic rings. The van der Waals surface area contributed by atoms with E-state index in [1.54, 1.807) is 17.4 Å². The minimum absolute atomic E-state index is 0.278. The first-order chi connectivity index (χ1) is 9.20. The summed E-state index contributed by atoms with van der Waals surface area (Å²) in [5.41, 5.74) is 2.93. The maximum absolute atomic E-state index is 11.7. The topological polar surface area (TPSA) is 29.5 Å². The summed E-state index contributed by atoms with van der Waals surface area (Å²) >= 11 is 1.70. The molecule has 0 atom stereocenters. The largest absolute Gasteiger partial charge is 0.465 e. The van der Waals surface area contributed by atoms with Crippen LogP contribution >= 0.6 is 11.3 Å². The standard InChI is InChI=1S/C15H17NO2S/c1-16(9-12-7-8-19-11-12)10-13-5-3-4-6-14(13)15(17)18-2/h3-8,11H,9-10H2,1-2H3. The molecule has 2 rings (SSSR count). The number of esters is 1. The van der Waals surface area contributed by atoms with E-state index in [1.165, 1.54) is 12.7 Å². The molecule has 0 bridgehead atoms. The molecule has 2 aromatic rings. The Labute approximate surface area is 117 Å². The van der Waals surface area contributed by atoms with Gasteiger partial charge in [0.05, 0.1) is 12.7 Å². The second kappa shape index (κ2) is 6.50. The predicted molar refractivity (Wildman–Crippen MR) is 77.3 cm³/mol. The van der Waals surface area contributed by atoms with Gasteiger partial charge in [-0.3, -0.25) is 4.90 Å². The van der Waals surface area contributed by atoms with Crippen LogP contribution in [-0.2, 0) is 17.8 Å². The van der Waals surface area contributed by atoms with Crippen molar-refractivity contribution in [3.05, 3.63) is 57.8 Å². The van der Waals surface area contributed by atoms with E-state index in [0.29, 0.717) is 5.56 Å². The molecule has 3 nitrogen and oxygen atoms in total. The minimum Gasteiger partial charge on any atom is -0.465 e. The Morgan fingerprint density at radius 1 is 1.26 bits per heavy atom. The molecule has 1 aromatic carbocycles. The van der Waals surface area contributed by atoms with Gasteiger partial charge in [-0.2, -0.15) is 11.3 Å². The predicted octanol–water partition coefficient (Wildman–Crippen LogP) is 3.17. The third kappa shape index (κ3) is 3.66. The molecule has 0 N–H and O–H groups in total. The summed E-state index contributed by atoms with van der Waals surface area (Å²) in [6, 6.07) is 9.69. The van der Waals surface area contributed by atoms with Crippen molar-refractivity contribution in [2.24, 2.45) is 0 Å². The van der Waals surface area contributed by atoms with Crippen LogP contribution in [0.25, 0.3) is 0 Å². The number of nitrogens with zero attached hydrogens (tertiary/aromatic N) is 1. The average Bonchev–Trinajstić information content (AvgIpc) is 2.91. The van der Waals surface area contributed by atoms with Crippen LogP contribution in [-0.4, -0.2) is 25.0 Å². The zero-order chi connectivity index (χ0) is 13.7. The van der Waals surface area contributed by atoms with Crippen molar-refractivity contribution in [3.63, 3.8) is 0 Å². The molecular weight excluding hydrogens is 258 g/mol. The molecule has 4 heteroatoms. The first kappa shape index (κ1) is 13.8. The molecule has 0 amide bonds. The van der Waals surface area contributed by atoms with E-state index in [-0.39, 0.29) is 5.97 Å². The van der Waals surface area contributed by atoms with Crippen LogP contribution in [0, 0.1) is 0 Å². The second-order valence-corrected chi connectivity index (χ2v) is 5.23. The summed E-state index contributed by atoms with van der Waals surface area (Å²) in [7, 11) is 3.46. The summed E-state index contributed by atoms with van der Waals surface area (Å²) in [4.78, 5) is 13.9. The molecule has 0 fully saturated rings. The van der Waals surface area contributed by atoms with Crippen molar-refractivity contribution in [1.29, 1.82) is 0 Å². The molecule has 1 aromatic heterocycles. The number of ether oxygens (including phenoxy) is 1. The number of rotatable bonds is 5. The van der Waals surface area contributed by atoms with E-state index < -0.39 is 0 Å². The van der Waals surface area contributed by atoms with E-state index in [0.717, 1.165) is 18.7 Å². The number of carbonyl (C=O) groups excluding carboxylic acids is 1. The minimum atomic E-state index is -0.278. The highest BCUT2D eigenvalue weighted by Crippen LogP contribution is 2.15. The quantitative estimate of drug-likeness (QED) is 0.785. The number of thiophene rings is 1. The fourth-order valence-electron chi connectivity index (χ4n) is 2.01. The Kier molecular flexibility index (Phi) is 4.71. The van der Waals surface area contributed by atoms with E-state index in [2.05, 4.69) is 21.7 Å². The molecule has 0 saturated heterocycles. The number of hydrogen-bond acceptors (Lipinski definition) is 4. The smallest absolute Gasteiger partial charge is 0.338 e. The van der Waals surface area contributed by atoms with Gasteiger partial charge in [-0.1, -0.05) is 18.2 Å². The van der Waals surface area contributed by atoms with Crippen LogP contribution in [0.5, 0.6) is 0 Å². The van der Waals surface area contributed by atoms with Gasteiger partial charge in [0.25, 0.3) is 0 Å². The first-order valence-corrected chi connectivity index (χ1v) is 7.01. The van der Waals surface area contributed by atoms with Crippen molar-refractivity contribution in [2.75, 3.05) is 14.2 Å². The van der Waals surface area contributed by atoms with Crippen molar-refractivity contribution in [2.45, 2.75) is 13.1 Å². The summed E-state index contributed by atoms with van der Waals surface area (Å²) in [5.74, 6) is -0.278. The molecule has 0 spiro atoms. The lowest BCUT2D eigenvalue weighted by Gasteiger charge is -2.17. The van der Waals surface area contributed by atoms with Gasteiger partial charge in [-0.05, 0) is 41.1 Å². The molecule has 1 heterocycles. The zero-order valence-electron chi connectivity index (χ0n) is 11.1. The molecule has 0 aliphatic heterocycles. The van der Waals surface area contributed by atoms with E-state index >= 15 is 0 Å². The first-order valence-electron chi connectivity index (χ1n) is 6.06. The SMILES string of the molecule is COC(=O)c1ccccc1CN(C)Cc1ccsc1. The molecule has 0 radical (unpaired) electrons. The molecule has 19 heavy (non-hydrogen) atoms. The number of benzene rings is 1. The van der Waals surface area contributed by atoms with Crippen LogP contribution in [0.1, 0.15) is 21.5 Å². The van der Waals surface area contributed by atoms with Gasteiger partial charge in [0, 0.05) is 13.1 Å². The summed E-state index contributed by atoms with van der Waals surface area (Å²) in [5, 5.41) is 4.22. The normalized spacial score (nSPS) is 10.7. The fraction of sp³-hybridized carbons (Fsp3) is 0.267. The maximum atomic E-state index is 11.7. The number of methoxy groups -OCH3 is 1. The highest BCUT2D eigenvalue weighted by molar-refractivity contribution is 7.07. The highest BCUT2D eigenvalue weighted by Gasteiger charge is 2.12. The lowest BCUT2D eigenvalue weighted by molar-refractivity contribution is 0.0598. The van der Waals surface area contributed by atoms with Crippen LogP contribution in [0.2, 0.25) is 0 Å². The summed E-state index contributed by atoms with van der Waals surface area (Å²) in [6.07, 6.45) is 0. The zero-order valence-corrected chi connectivity index (χ0v) is 11.9. The van der Waals surface area contributed by atoms with Crippen LogP contribution in [0.15, 0.2) is 41.1 Å². The highest BCUT2D eigenvalue weighted by atomic mass is 32.1. The second-order valence-electron chi connectivity index (χ2n) is 4.45. The van der Waals surface area contributed by atoms with Crippen molar-refractivity contribution in [3.8, 4) is 0 Å². The summed E-state index contributed by atoms with van der Waals surface area (Å²) < 4.78 is 4.81. The Morgan fingerprint density at radius 2 is 2.05 bits per heavy atom. The van der Waals surface area contributed by atoms with E-state index in [1.807, 2.05) is 25.2 Å². The monoisotopic (exact) mass is 275 g/mol. The molecule has 0 saturated carbocycles. The van der Waals surface area contributed by atoms with Crippen molar-refractivity contribution in [1.82, 2.24) is 4.90 Å². The Balaban J connectivity index is 2.08. The molecular formula is C15H17NO2S. The van der Waals surface area contributed by atoms with Gasteiger partial charge in [-0.25, -0.2) is 4.79 Å². The van der Waals surface area contributed by atoms with Crippen LogP contribution in [0.3, 0.4) is 0 Å². The van der Waals surface area contributed by atoms with Crippen molar-refractivity contribution >= 4 is 17.3 Å². The third-order valence-electron chi connectivity index (χ3n) is 2.90. The average molecular weight is 275 g/mol. The van der Waals surface area contributed by atoms with Gasteiger partial charge >= 0.3 is 5.97 Å². The third-order valence-corrected chi connectivity index (χ3v) is 3.63. The van der Waals surface area contributed by atoms with Gasteiger partial charge in [0.2, 0.25) is 0 Å². The Hall–Kier alpha value is -1.65. The van der Waals surface area contributed by atoms with Gasteiger partial charge in [0.1, 0.15) is 0 Å². The van der Waals surface area contributed by atoms with Crippen LogP contribution < -0.4 is 0 Å².